The van der Waals surface area contributed by atoms with Gasteiger partial charge in [-0.3, -0.25) is 0 Å². The molecule has 5 heteroatoms. The lowest BCUT2D eigenvalue weighted by Crippen LogP contribution is -2.34. The molecule has 0 amide bonds. The summed E-state index contributed by atoms with van der Waals surface area (Å²) in [4.78, 5) is 3.75. The van der Waals surface area contributed by atoms with Crippen molar-refractivity contribution in [2.45, 2.75) is 24.8 Å². The van der Waals surface area contributed by atoms with Crippen LogP contribution >= 0.6 is 24.0 Å². The molecule has 0 saturated heterocycles. The van der Waals surface area contributed by atoms with Gasteiger partial charge in [0.25, 0.3) is 0 Å². The van der Waals surface area contributed by atoms with Crippen molar-refractivity contribution in [3.63, 3.8) is 0 Å². The molecular weight excluding hydrogens is 276 g/mol. The fraction of sp³-hybridized carbons (Fsp3) is 0.500. The van der Waals surface area contributed by atoms with E-state index in [1.807, 2.05) is 13.1 Å². The van der Waals surface area contributed by atoms with Crippen LogP contribution in [0.1, 0.15) is 19.4 Å². The molecule has 0 bridgehead atoms. The maximum atomic E-state index is 5.92. The molecule has 1 atom stereocenters. The molecule has 0 aromatic heterocycles. The summed E-state index contributed by atoms with van der Waals surface area (Å²) in [7, 11) is 3.75. The summed E-state index contributed by atoms with van der Waals surface area (Å²) in [5.74, 6) is 0.996. The quantitative estimate of drug-likeness (QED) is 0.619. The van der Waals surface area contributed by atoms with Crippen LogP contribution in [0.4, 0.5) is 5.69 Å². The molecule has 0 aliphatic carbocycles. The minimum absolute atomic E-state index is 0.264. The van der Waals surface area contributed by atoms with Crippen LogP contribution in [0.25, 0.3) is 0 Å². The number of nitrogens with two attached hydrogens (primary N) is 1. The summed E-state index contributed by atoms with van der Waals surface area (Å²) in [6.07, 6.45) is 0. The van der Waals surface area contributed by atoms with E-state index in [1.54, 1.807) is 18.9 Å². The third kappa shape index (κ3) is 4.09. The van der Waals surface area contributed by atoms with Crippen molar-refractivity contribution >= 4 is 34.7 Å². The maximum Gasteiger partial charge on any atom is 0.107 e. The number of benzene rings is 1. The molecule has 106 valence electrons. The molecule has 0 spiro atoms. The molecule has 19 heavy (non-hydrogen) atoms. The number of anilines is 1. The zero-order valence-corrected chi connectivity index (χ0v) is 13.6. The Morgan fingerprint density at radius 2 is 2.21 bits per heavy atom. The standard InChI is InChI=1S/C14H22N2OS2/c1-5-19-12-8-6-7-11(13(12)14(15)18)16(3)10(2)9-17-4/h6-8,10H,5,9H2,1-4H3,(H2,15,18). The minimum Gasteiger partial charge on any atom is -0.389 e. The largest absolute Gasteiger partial charge is 0.389 e. The normalized spacial score (nSPS) is 12.2. The van der Waals surface area contributed by atoms with E-state index in [-0.39, 0.29) is 6.04 Å². The predicted molar refractivity (Wildman–Crippen MR) is 88.5 cm³/mol. The lowest BCUT2D eigenvalue weighted by Gasteiger charge is -2.29. The van der Waals surface area contributed by atoms with Gasteiger partial charge in [0, 0.05) is 36.3 Å². The Hall–Kier alpha value is -0.780. The molecule has 0 fully saturated rings. The summed E-state index contributed by atoms with van der Waals surface area (Å²) in [6, 6.07) is 6.44. The first-order valence-corrected chi connectivity index (χ1v) is 7.69. The van der Waals surface area contributed by atoms with Crippen LogP contribution in [0.15, 0.2) is 23.1 Å². The van der Waals surface area contributed by atoms with Gasteiger partial charge in [-0.25, -0.2) is 0 Å². The molecule has 1 rings (SSSR count). The highest BCUT2D eigenvalue weighted by atomic mass is 32.2. The second-order valence-corrected chi connectivity index (χ2v) is 6.11. The Bertz CT molecular complexity index is 437. The first kappa shape index (κ1) is 16.3. The predicted octanol–water partition coefficient (Wildman–Crippen LogP) is 2.90. The van der Waals surface area contributed by atoms with Crippen LogP contribution in [-0.4, -0.2) is 37.5 Å². The molecule has 2 N–H and O–H groups in total. The first-order chi connectivity index (χ1) is 9.02. The van der Waals surface area contributed by atoms with E-state index in [4.69, 9.17) is 22.7 Å². The monoisotopic (exact) mass is 298 g/mol. The van der Waals surface area contributed by atoms with Crippen molar-refractivity contribution in [1.29, 1.82) is 0 Å². The van der Waals surface area contributed by atoms with E-state index in [9.17, 15) is 0 Å². The van der Waals surface area contributed by atoms with Gasteiger partial charge in [-0.1, -0.05) is 25.2 Å². The lowest BCUT2D eigenvalue weighted by atomic mass is 10.1. The molecule has 0 aliphatic rings. The Labute approximate surface area is 125 Å². The summed E-state index contributed by atoms with van der Waals surface area (Å²) in [5.41, 5.74) is 7.95. The molecule has 3 nitrogen and oxygen atoms in total. The number of hydrogen-bond acceptors (Lipinski definition) is 4. The maximum absolute atomic E-state index is 5.92. The summed E-state index contributed by atoms with van der Waals surface area (Å²) >= 11 is 6.99. The number of methoxy groups -OCH3 is 1. The zero-order valence-electron chi connectivity index (χ0n) is 12.0. The van der Waals surface area contributed by atoms with E-state index >= 15 is 0 Å². The highest BCUT2D eigenvalue weighted by molar-refractivity contribution is 7.99. The summed E-state index contributed by atoms with van der Waals surface area (Å²) in [5, 5.41) is 0. The highest BCUT2D eigenvalue weighted by Gasteiger charge is 2.17. The van der Waals surface area contributed by atoms with Gasteiger partial charge >= 0.3 is 0 Å². The zero-order chi connectivity index (χ0) is 14.4. The van der Waals surface area contributed by atoms with Crippen LogP contribution in [0.2, 0.25) is 0 Å². The third-order valence-corrected chi connectivity index (χ3v) is 4.14. The van der Waals surface area contributed by atoms with Crippen molar-refractivity contribution in [2.75, 3.05) is 31.4 Å². The first-order valence-electron chi connectivity index (χ1n) is 6.30. The number of thioether (sulfide) groups is 1. The number of rotatable bonds is 7. The number of likely N-dealkylation sites (N-methyl/N-ethyl adjacent to an activating group) is 1. The van der Waals surface area contributed by atoms with Crippen molar-refractivity contribution in [1.82, 2.24) is 0 Å². The van der Waals surface area contributed by atoms with E-state index in [0.29, 0.717) is 11.6 Å². The van der Waals surface area contributed by atoms with Gasteiger partial charge in [0.1, 0.15) is 4.99 Å². The second-order valence-electron chi connectivity index (χ2n) is 4.36. The third-order valence-electron chi connectivity index (χ3n) is 3.00. The van der Waals surface area contributed by atoms with Gasteiger partial charge in [-0.15, -0.1) is 11.8 Å². The Morgan fingerprint density at radius 1 is 1.53 bits per heavy atom. The molecule has 1 unspecified atom stereocenters. The number of hydrogen-bond donors (Lipinski definition) is 1. The molecule has 1 aromatic carbocycles. The summed E-state index contributed by atoms with van der Waals surface area (Å²) in [6.45, 7) is 4.91. The molecule has 0 aliphatic heterocycles. The van der Waals surface area contributed by atoms with Gasteiger partial charge < -0.3 is 15.4 Å². The highest BCUT2D eigenvalue weighted by Crippen LogP contribution is 2.31. The van der Waals surface area contributed by atoms with Crippen molar-refractivity contribution in [2.24, 2.45) is 5.73 Å². The van der Waals surface area contributed by atoms with Crippen LogP contribution in [0.5, 0.6) is 0 Å². The van der Waals surface area contributed by atoms with Gasteiger partial charge in [-0.2, -0.15) is 0 Å². The average molecular weight is 298 g/mol. The smallest absolute Gasteiger partial charge is 0.107 e. The molecular formula is C14H22N2OS2. The van der Waals surface area contributed by atoms with Crippen molar-refractivity contribution in [3.8, 4) is 0 Å². The van der Waals surface area contributed by atoms with Crippen LogP contribution in [0, 0.1) is 0 Å². The van der Waals surface area contributed by atoms with Gasteiger partial charge in [0.15, 0.2) is 0 Å². The van der Waals surface area contributed by atoms with Crippen LogP contribution < -0.4 is 10.6 Å². The molecule has 0 heterocycles. The van der Waals surface area contributed by atoms with Gasteiger partial charge in [-0.05, 0) is 24.8 Å². The molecule has 0 saturated carbocycles. The Kier molecular flexibility index (Phi) is 6.62. The fourth-order valence-corrected chi connectivity index (χ4v) is 3.05. The van der Waals surface area contributed by atoms with Gasteiger partial charge in [0.2, 0.25) is 0 Å². The van der Waals surface area contributed by atoms with E-state index in [2.05, 4.69) is 30.9 Å². The van der Waals surface area contributed by atoms with Gasteiger partial charge in [0.05, 0.1) is 6.61 Å². The SMILES string of the molecule is CCSc1cccc(N(C)C(C)COC)c1C(N)=S. The van der Waals surface area contributed by atoms with E-state index in [0.717, 1.165) is 21.9 Å². The Balaban J connectivity index is 3.18. The van der Waals surface area contributed by atoms with E-state index < -0.39 is 0 Å². The number of thiocarbonyl (C=S) groups is 1. The topological polar surface area (TPSA) is 38.5 Å². The molecule has 0 radical (unpaired) electrons. The lowest BCUT2D eigenvalue weighted by molar-refractivity contribution is 0.183. The fourth-order valence-electron chi connectivity index (χ4n) is 1.93. The minimum atomic E-state index is 0.264. The van der Waals surface area contributed by atoms with Crippen LogP contribution in [0.3, 0.4) is 0 Å². The van der Waals surface area contributed by atoms with E-state index in [1.165, 1.54) is 0 Å². The average Bonchev–Trinajstić information content (AvgIpc) is 2.38. The summed E-state index contributed by atoms with van der Waals surface area (Å²) < 4.78 is 5.21. The number of ether oxygens (including phenoxy) is 1. The van der Waals surface area contributed by atoms with Crippen LogP contribution in [-0.2, 0) is 4.74 Å². The Morgan fingerprint density at radius 3 is 2.74 bits per heavy atom. The number of nitrogens with zero attached hydrogens (tertiary/aromatic N) is 1. The molecule has 1 aromatic rings. The van der Waals surface area contributed by atoms with Crippen molar-refractivity contribution < 1.29 is 4.74 Å². The van der Waals surface area contributed by atoms with Crippen molar-refractivity contribution in [3.05, 3.63) is 23.8 Å². The second kappa shape index (κ2) is 7.72.